The molecule has 1 atom stereocenters. The summed E-state index contributed by atoms with van der Waals surface area (Å²) in [6.07, 6.45) is -0.533. The Kier molecular flexibility index (Phi) is 7.57. The topological polar surface area (TPSA) is 61.4 Å². The maximum Gasteiger partial charge on any atom is 0.262 e. The molecular formula is C16H22ClF2N3O2. The van der Waals surface area contributed by atoms with Crippen LogP contribution in [0.1, 0.15) is 18.9 Å². The lowest BCUT2D eigenvalue weighted by Gasteiger charge is -2.21. The summed E-state index contributed by atoms with van der Waals surface area (Å²) in [7, 11) is 0. The molecule has 134 valence electrons. The first kappa shape index (κ1) is 20.3. The maximum atomic E-state index is 13.1. The SMILES string of the molecule is CCN(Cc1ccccc1)C(=O)CNC(=O)C1CC(F)(F)CN1.Cl. The second-order valence-corrected chi connectivity index (χ2v) is 5.60. The van der Waals surface area contributed by atoms with Gasteiger partial charge in [-0.15, -0.1) is 12.4 Å². The van der Waals surface area contributed by atoms with Gasteiger partial charge < -0.3 is 10.2 Å². The van der Waals surface area contributed by atoms with Gasteiger partial charge in [-0.1, -0.05) is 30.3 Å². The molecule has 0 saturated carbocycles. The number of likely N-dealkylation sites (N-methyl/N-ethyl adjacent to an activating group) is 1. The lowest BCUT2D eigenvalue weighted by atomic mass is 10.2. The highest BCUT2D eigenvalue weighted by molar-refractivity contribution is 5.87. The third-order valence-electron chi connectivity index (χ3n) is 3.79. The zero-order valence-electron chi connectivity index (χ0n) is 13.4. The lowest BCUT2D eigenvalue weighted by molar-refractivity contribution is -0.133. The number of amides is 2. The first-order chi connectivity index (χ1) is 10.9. The quantitative estimate of drug-likeness (QED) is 0.808. The molecule has 1 aromatic carbocycles. The van der Waals surface area contributed by atoms with Crippen LogP contribution in [0.15, 0.2) is 30.3 Å². The fourth-order valence-corrected chi connectivity index (χ4v) is 2.48. The number of rotatable bonds is 6. The van der Waals surface area contributed by atoms with Crippen molar-refractivity contribution in [1.29, 1.82) is 0 Å². The smallest absolute Gasteiger partial charge is 0.262 e. The summed E-state index contributed by atoms with van der Waals surface area (Å²) in [5.41, 5.74) is 0.992. The zero-order valence-corrected chi connectivity index (χ0v) is 14.2. The number of hydrogen-bond acceptors (Lipinski definition) is 3. The van der Waals surface area contributed by atoms with E-state index < -0.39 is 30.8 Å². The van der Waals surface area contributed by atoms with E-state index >= 15 is 0 Å². The standard InChI is InChI=1S/C16H21F2N3O2.ClH/c1-2-21(10-12-6-4-3-5-7-12)14(22)9-19-15(23)13-8-16(17,18)11-20-13;/h3-7,13,20H,2,8-11H2,1H3,(H,19,23);1H. The molecule has 1 unspecified atom stereocenters. The molecule has 0 spiro atoms. The third kappa shape index (κ3) is 5.72. The Morgan fingerprint density at radius 3 is 2.54 bits per heavy atom. The fourth-order valence-electron chi connectivity index (χ4n) is 2.48. The van der Waals surface area contributed by atoms with Crippen LogP contribution < -0.4 is 10.6 Å². The van der Waals surface area contributed by atoms with Crippen molar-refractivity contribution in [3.05, 3.63) is 35.9 Å². The van der Waals surface area contributed by atoms with Gasteiger partial charge in [0.15, 0.2) is 0 Å². The molecule has 0 radical (unpaired) electrons. The van der Waals surface area contributed by atoms with Crippen molar-refractivity contribution in [1.82, 2.24) is 15.5 Å². The molecule has 1 heterocycles. The van der Waals surface area contributed by atoms with E-state index in [9.17, 15) is 18.4 Å². The van der Waals surface area contributed by atoms with Crippen molar-refractivity contribution < 1.29 is 18.4 Å². The molecule has 1 saturated heterocycles. The summed E-state index contributed by atoms with van der Waals surface area (Å²) in [5.74, 6) is -3.67. The van der Waals surface area contributed by atoms with E-state index in [0.717, 1.165) is 5.56 Å². The second-order valence-electron chi connectivity index (χ2n) is 5.60. The predicted molar refractivity (Wildman–Crippen MR) is 89.1 cm³/mol. The van der Waals surface area contributed by atoms with E-state index in [2.05, 4.69) is 10.6 Å². The summed E-state index contributed by atoms with van der Waals surface area (Å²) in [5, 5.41) is 4.90. The Hall–Kier alpha value is -1.73. The highest BCUT2D eigenvalue weighted by atomic mass is 35.5. The number of alkyl halides is 2. The molecule has 2 amide bonds. The van der Waals surface area contributed by atoms with Crippen LogP contribution in [0, 0.1) is 0 Å². The molecule has 1 aliphatic heterocycles. The highest BCUT2D eigenvalue weighted by Crippen LogP contribution is 2.24. The normalized spacial score (nSPS) is 18.5. The Morgan fingerprint density at radius 1 is 1.33 bits per heavy atom. The van der Waals surface area contributed by atoms with Gasteiger partial charge in [-0.25, -0.2) is 8.78 Å². The van der Waals surface area contributed by atoms with E-state index in [1.807, 2.05) is 37.3 Å². The number of carbonyl (C=O) groups is 2. The van der Waals surface area contributed by atoms with Gasteiger partial charge in [0.05, 0.1) is 19.1 Å². The predicted octanol–water partition coefficient (Wildman–Crippen LogP) is 1.57. The number of nitrogens with zero attached hydrogens (tertiary/aromatic N) is 1. The van der Waals surface area contributed by atoms with Crippen molar-refractivity contribution in [2.24, 2.45) is 0 Å². The largest absolute Gasteiger partial charge is 0.346 e. The first-order valence-corrected chi connectivity index (χ1v) is 7.62. The molecule has 1 aliphatic rings. The second kappa shape index (κ2) is 8.94. The lowest BCUT2D eigenvalue weighted by Crippen LogP contribution is -2.45. The van der Waals surface area contributed by atoms with Gasteiger partial charge in [-0.2, -0.15) is 0 Å². The van der Waals surface area contributed by atoms with E-state index in [1.54, 1.807) is 4.90 Å². The first-order valence-electron chi connectivity index (χ1n) is 7.62. The van der Waals surface area contributed by atoms with E-state index in [-0.39, 0.29) is 24.9 Å². The van der Waals surface area contributed by atoms with Crippen molar-refractivity contribution in [2.75, 3.05) is 19.6 Å². The molecule has 0 aromatic heterocycles. The molecule has 24 heavy (non-hydrogen) atoms. The van der Waals surface area contributed by atoms with Gasteiger partial charge in [0.1, 0.15) is 0 Å². The van der Waals surface area contributed by atoms with Crippen LogP contribution in [-0.2, 0) is 16.1 Å². The van der Waals surface area contributed by atoms with Gasteiger partial charge in [0.25, 0.3) is 5.92 Å². The summed E-state index contributed by atoms with van der Waals surface area (Å²) in [6.45, 7) is 2.11. The molecule has 0 aliphatic carbocycles. The average molecular weight is 362 g/mol. The average Bonchev–Trinajstić information content (AvgIpc) is 2.91. The number of nitrogens with one attached hydrogen (secondary N) is 2. The summed E-state index contributed by atoms with van der Waals surface area (Å²) >= 11 is 0. The van der Waals surface area contributed by atoms with Crippen molar-refractivity contribution in [2.45, 2.75) is 31.9 Å². The zero-order chi connectivity index (χ0) is 16.9. The highest BCUT2D eigenvalue weighted by Gasteiger charge is 2.42. The van der Waals surface area contributed by atoms with Gasteiger partial charge in [-0.3, -0.25) is 14.9 Å². The summed E-state index contributed by atoms with van der Waals surface area (Å²) in [6, 6.07) is 8.56. The van der Waals surface area contributed by atoms with Crippen LogP contribution in [0.3, 0.4) is 0 Å². The number of benzene rings is 1. The Bertz CT molecular complexity index is 558. The van der Waals surface area contributed by atoms with Crippen LogP contribution in [0.5, 0.6) is 0 Å². The van der Waals surface area contributed by atoms with Crippen LogP contribution in [0.4, 0.5) is 8.78 Å². The minimum absolute atomic E-state index is 0. The fraction of sp³-hybridized carbons (Fsp3) is 0.500. The van der Waals surface area contributed by atoms with E-state index in [4.69, 9.17) is 0 Å². The third-order valence-corrected chi connectivity index (χ3v) is 3.79. The molecular weight excluding hydrogens is 340 g/mol. The number of carbonyl (C=O) groups excluding carboxylic acids is 2. The molecule has 2 N–H and O–H groups in total. The Morgan fingerprint density at radius 2 is 2.00 bits per heavy atom. The minimum Gasteiger partial charge on any atom is -0.346 e. The van der Waals surface area contributed by atoms with Crippen molar-refractivity contribution >= 4 is 24.2 Å². The van der Waals surface area contributed by atoms with Gasteiger partial charge in [0, 0.05) is 19.5 Å². The van der Waals surface area contributed by atoms with Crippen LogP contribution >= 0.6 is 12.4 Å². The Balaban J connectivity index is 0.00000288. The molecule has 8 heteroatoms. The Labute approximate surface area is 146 Å². The van der Waals surface area contributed by atoms with Crippen LogP contribution in [0.2, 0.25) is 0 Å². The molecule has 1 aromatic rings. The number of halogens is 3. The molecule has 0 bridgehead atoms. The number of hydrogen-bond donors (Lipinski definition) is 2. The molecule has 5 nitrogen and oxygen atoms in total. The van der Waals surface area contributed by atoms with Gasteiger partial charge in [0.2, 0.25) is 11.8 Å². The monoisotopic (exact) mass is 361 g/mol. The van der Waals surface area contributed by atoms with Crippen molar-refractivity contribution in [3.63, 3.8) is 0 Å². The summed E-state index contributed by atoms with van der Waals surface area (Å²) < 4.78 is 26.1. The maximum absolute atomic E-state index is 13.1. The van der Waals surface area contributed by atoms with Gasteiger partial charge in [-0.05, 0) is 12.5 Å². The molecule has 1 fully saturated rings. The molecule has 2 rings (SSSR count). The summed E-state index contributed by atoms with van der Waals surface area (Å²) in [4.78, 5) is 25.6. The van der Waals surface area contributed by atoms with Crippen molar-refractivity contribution in [3.8, 4) is 0 Å². The minimum atomic E-state index is -2.87. The van der Waals surface area contributed by atoms with Crippen LogP contribution in [-0.4, -0.2) is 48.3 Å². The van der Waals surface area contributed by atoms with E-state index in [1.165, 1.54) is 0 Å². The van der Waals surface area contributed by atoms with Crippen LogP contribution in [0.25, 0.3) is 0 Å². The van der Waals surface area contributed by atoms with E-state index in [0.29, 0.717) is 13.1 Å². The van der Waals surface area contributed by atoms with Gasteiger partial charge >= 0.3 is 0 Å².